The third-order valence-corrected chi connectivity index (χ3v) is 4.93. The largest absolute Gasteiger partial charge is 0.617 e. The zero-order chi connectivity index (χ0) is 20.5. The SMILES string of the molecule is O=C(NCCc1ccccn1)c1sc2c([N+](=O)[O-])cc(C(F)(F)F)cc2[n+]1[O-]. The molecule has 0 saturated carbocycles. The number of carbonyl (C=O) groups is 1. The monoisotopic (exact) mass is 412 g/mol. The average Bonchev–Trinajstić information content (AvgIpc) is 2.98. The van der Waals surface area contributed by atoms with Crippen LogP contribution in [0.1, 0.15) is 21.1 Å². The lowest BCUT2D eigenvalue weighted by atomic mass is 10.2. The second kappa shape index (κ2) is 7.38. The van der Waals surface area contributed by atoms with Crippen molar-refractivity contribution < 1.29 is 27.6 Å². The van der Waals surface area contributed by atoms with E-state index in [-0.39, 0.29) is 16.0 Å². The zero-order valence-electron chi connectivity index (χ0n) is 13.9. The van der Waals surface area contributed by atoms with Crippen LogP contribution in [0.25, 0.3) is 10.2 Å². The number of pyridine rings is 1. The minimum absolute atomic E-state index is 0.0155. The second-order valence-electron chi connectivity index (χ2n) is 5.63. The Morgan fingerprint density at radius 1 is 1.32 bits per heavy atom. The smallest absolute Gasteiger partial charge is 0.416 e. The fraction of sp³-hybridized carbons (Fsp3) is 0.188. The molecular weight excluding hydrogens is 401 g/mol. The van der Waals surface area contributed by atoms with Crippen molar-refractivity contribution in [2.45, 2.75) is 12.6 Å². The maximum Gasteiger partial charge on any atom is 0.416 e. The van der Waals surface area contributed by atoms with Crippen LogP contribution < -0.4 is 10.0 Å². The Morgan fingerprint density at radius 3 is 2.68 bits per heavy atom. The molecule has 3 aromatic rings. The van der Waals surface area contributed by atoms with Crippen molar-refractivity contribution in [2.75, 3.05) is 6.54 Å². The maximum absolute atomic E-state index is 13.0. The van der Waals surface area contributed by atoms with Crippen LogP contribution in [0.5, 0.6) is 0 Å². The van der Waals surface area contributed by atoms with E-state index in [0.717, 1.165) is 0 Å². The van der Waals surface area contributed by atoms with E-state index in [2.05, 4.69) is 10.3 Å². The lowest BCUT2D eigenvalue weighted by Crippen LogP contribution is -2.37. The van der Waals surface area contributed by atoms with E-state index in [1.165, 1.54) is 0 Å². The van der Waals surface area contributed by atoms with Gasteiger partial charge in [-0.05, 0) is 23.5 Å². The van der Waals surface area contributed by atoms with Crippen molar-refractivity contribution in [1.82, 2.24) is 10.3 Å². The average molecular weight is 412 g/mol. The number of rotatable bonds is 5. The van der Waals surface area contributed by atoms with Gasteiger partial charge in [-0.3, -0.25) is 19.9 Å². The third-order valence-electron chi connectivity index (χ3n) is 3.76. The highest BCUT2D eigenvalue weighted by Gasteiger charge is 2.37. The molecule has 146 valence electrons. The number of nitrogens with zero attached hydrogens (tertiary/aromatic N) is 3. The molecule has 3 rings (SSSR count). The molecular formula is C16H11F3N4O4S. The Hall–Kier alpha value is -3.28. The van der Waals surface area contributed by atoms with Gasteiger partial charge in [0.2, 0.25) is 5.52 Å². The molecule has 1 amide bonds. The number of fused-ring (bicyclic) bond motifs is 1. The first-order valence-electron chi connectivity index (χ1n) is 7.78. The Kier molecular flexibility index (Phi) is 5.14. The first-order chi connectivity index (χ1) is 13.2. The van der Waals surface area contributed by atoms with Gasteiger partial charge < -0.3 is 10.5 Å². The quantitative estimate of drug-likeness (QED) is 0.300. The molecule has 2 heterocycles. The molecule has 1 N–H and O–H groups in total. The summed E-state index contributed by atoms with van der Waals surface area (Å²) in [5.41, 5.74) is -2.11. The molecule has 0 fully saturated rings. The number of aromatic nitrogens is 2. The molecule has 0 unspecified atom stereocenters. The summed E-state index contributed by atoms with van der Waals surface area (Å²) >= 11 is 0.466. The highest BCUT2D eigenvalue weighted by Crippen LogP contribution is 2.37. The van der Waals surface area contributed by atoms with Crippen LogP contribution in [0, 0.1) is 15.3 Å². The molecule has 0 radical (unpaired) electrons. The number of alkyl halides is 3. The van der Waals surface area contributed by atoms with Crippen molar-refractivity contribution in [3.05, 3.63) is 68.1 Å². The van der Waals surface area contributed by atoms with Crippen molar-refractivity contribution in [3.63, 3.8) is 0 Å². The van der Waals surface area contributed by atoms with E-state index in [1.807, 2.05) is 0 Å². The minimum Gasteiger partial charge on any atom is -0.617 e. The highest BCUT2D eigenvalue weighted by molar-refractivity contribution is 7.20. The van der Waals surface area contributed by atoms with Gasteiger partial charge in [-0.15, -0.1) is 4.73 Å². The maximum atomic E-state index is 13.0. The van der Waals surface area contributed by atoms with E-state index in [4.69, 9.17) is 0 Å². The second-order valence-corrected chi connectivity index (χ2v) is 6.63. The molecule has 8 nitrogen and oxygen atoms in total. The topological polar surface area (TPSA) is 112 Å². The standard InChI is InChI=1S/C16H11F3N4O4S/c17-16(18,19)9-7-11-13(12(8-9)23(26)27)28-15(22(11)25)14(24)21-6-4-10-3-1-2-5-20-10/h1-3,5,7-8H,4,6H2,(H,21,24). The summed E-state index contributed by atoms with van der Waals surface area (Å²) in [4.78, 5) is 26.4. The number of nitro groups is 1. The van der Waals surface area contributed by atoms with Crippen LogP contribution in [-0.2, 0) is 12.6 Å². The van der Waals surface area contributed by atoms with Gasteiger partial charge in [-0.1, -0.05) is 6.07 Å². The van der Waals surface area contributed by atoms with Gasteiger partial charge in [0.1, 0.15) is 0 Å². The minimum atomic E-state index is -4.88. The van der Waals surface area contributed by atoms with E-state index < -0.39 is 38.8 Å². The molecule has 0 atom stereocenters. The Labute approximate surface area is 159 Å². The molecule has 0 aliphatic heterocycles. The van der Waals surface area contributed by atoms with E-state index >= 15 is 0 Å². The number of thiazole rings is 1. The highest BCUT2D eigenvalue weighted by atomic mass is 32.1. The van der Waals surface area contributed by atoms with Gasteiger partial charge in [0.15, 0.2) is 4.70 Å². The van der Waals surface area contributed by atoms with Gasteiger partial charge >= 0.3 is 17.1 Å². The summed E-state index contributed by atoms with van der Waals surface area (Å²) in [5.74, 6) is -0.838. The van der Waals surface area contributed by atoms with E-state index in [9.17, 15) is 33.3 Å². The van der Waals surface area contributed by atoms with Crippen molar-refractivity contribution in [3.8, 4) is 0 Å². The Bertz CT molecular complexity index is 1050. The Morgan fingerprint density at radius 2 is 2.07 bits per heavy atom. The number of amides is 1. The predicted molar refractivity (Wildman–Crippen MR) is 92.7 cm³/mol. The van der Waals surface area contributed by atoms with Crippen LogP contribution in [-0.4, -0.2) is 22.4 Å². The summed E-state index contributed by atoms with van der Waals surface area (Å²) in [5, 5.41) is 25.4. The first-order valence-corrected chi connectivity index (χ1v) is 8.60. The molecule has 2 aromatic heterocycles. The number of halogens is 3. The van der Waals surface area contributed by atoms with Gasteiger partial charge in [0.25, 0.3) is 5.69 Å². The normalized spacial score (nSPS) is 11.5. The number of hydrogen-bond acceptors (Lipinski definition) is 6. The lowest BCUT2D eigenvalue weighted by Gasteiger charge is -2.06. The van der Waals surface area contributed by atoms with Crippen molar-refractivity contribution in [1.29, 1.82) is 0 Å². The van der Waals surface area contributed by atoms with Crippen LogP contribution in [0.3, 0.4) is 0 Å². The first kappa shape index (κ1) is 19.5. The Balaban J connectivity index is 1.91. The van der Waals surface area contributed by atoms with E-state index in [1.54, 1.807) is 24.4 Å². The van der Waals surface area contributed by atoms with Crippen molar-refractivity contribution in [2.24, 2.45) is 0 Å². The molecule has 0 saturated heterocycles. The van der Waals surface area contributed by atoms with Crippen LogP contribution in [0.2, 0.25) is 0 Å². The molecule has 0 aliphatic rings. The summed E-state index contributed by atoms with van der Waals surface area (Å²) in [6, 6.07) is 6.07. The van der Waals surface area contributed by atoms with Gasteiger partial charge in [0.05, 0.1) is 10.5 Å². The summed E-state index contributed by atoms with van der Waals surface area (Å²) < 4.78 is 38.6. The summed E-state index contributed by atoms with van der Waals surface area (Å²) in [6.45, 7) is 0.125. The molecule has 0 spiro atoms. The number of carbonyl (C=O) groups excluding carboxylic acids is 1. The van der Waals surface area contributed by atoms with Crippen molar-refractivity contribution >= 4 is 33.1 Å². The molecule has 28 heavy (non-hydrogen) atoms. The van der Waals surface area contributed by atoms with Crippen LogP contribution in [0.15, 0.2) is 36.5 Å². The predicted octanol–water partition coefficient (Wildman–Crippen LogP) is 2.83. The molecule has 0 aliphatic carbocycles. The van der Waals surface area contributed by atoms with Crippen LogP contribution in [0.4, 0.5) is 18.9 Å². The fourth-order valence-corrected chi connectivity index (χ4v) is 3.49. The fourth-order valence-electron chi connectivity index (χ4n) is 2.47. The van der Waals surface area contributed by atoms with Gasteiger partial charge in [-0.2, -0.15) is 13.2 Å². The molecule has 0 bridgehead atoms. The summed E-state index contributed by atoms with van der Waals surface area (Å²) in [6.07, 6.45) is -2.93. The van der Waals surface area contributed by atoms with Crippen LogP contribution >= 0.6 is 11.3 Å². The third kappa shape index (κ3) is 3.86. The van der Waals surface area contributed by atoms with Gasteiger partial charge in [0, 0.05) is 37.0 Å². The molecule has 1 aromatic carbocycles. The number of non-ortho nitro benzene ring substituents is 1. The number of nitrogens with one attached hydrogen (secondary N) is 1. The zero-order valence-corrected chi connectivity index (χ0v) is 14.7. The number of nitro benzene ring substituents is 1. The molecule has 12 heteroatoms. The van der Waals surface area contributed by atoms with E-state index in [0.29, 0.717) is 35.6 Å². The lowest BCUT2D eigenvalue weighted by molar-refractivity contribution is -0.574. The number of benzene rings is 1. The summed E-state index contributed by atoms with van der Waals surface area (Å²) in [7, 11) is 0. The van der Waals surface area contributed by atoms with Gasteiger partial charge in [-0.25, -0.2) is 0 Å². The number of hydrogen-bond donors (Lipinski definition) is 1.